The number of aliphatic hydroxyl groups is 1. The van der Waals surface area contributed by atoms with Crippen molar-refractivity contribution in [2.45, 2.75) is 33.7 Å². The van der Waals surface area contributed by atoms with Crippen molar-refractivity contribution < 1.29 is 5.11 Å². The van der Waals surface area contributed by atoms with Crippen LogP contribution in [0.25, 0.3) is 0 Å². The normalized spacial score (nSPS) is 15.0. The number of aliphatic hydroxyl groups excluding tert-OH is 1. The summed E-state index contributed by atoms with van der Waals surface area (Å²) in [7, 11) is 0. The molecule has 0 saturated carbocycles. The highest BCUT2D eigenvalue weighted by Crippen LogP contribution is 2.18. The van der Waals surface area contributed by atoms with E-state index in [-0.39, 0.29) is 6.61 Å². The van der Waals surface area contributed by atoms with Crippen LogP contribution in [0.2, 0.25) is 0 Å². The number of rotatable bonds is 2. The van der Waals surface area contributed by atoms with Gasteiger partial charge >= 0.3 is 0 Å². The number of hydrogen-bond acceptors (Lipinski definition) is 3. The first kappa shape index (κ1) is 13.1. The number of aryl methyl sites for hydroxylation is 1. The number of pyridine rings is 1. The van der Waals surface area contributed by atoms with Gasteiger partial charge in [-0.1, -0.05) is 13.8 Å². The molecule has 90 valence electrons. The molecule has 2 heterocycles. The van der Waals surface area contributed by atoms with E-state index in [0.717, 1.165) is 31.7 Å². The molecule has 0 amide bonds. The highest BCUT2D eigenvalue weighted by Gasteiger charge is 2.15. The second-order valence-corrected chi connectivity index (χ2v) is 3.84. The van der Waals surface area contributed by atoms with Crippen LogP contribution in [0.3, 0.4) is 0 Å². The third kappa shape index (κ3) is 3.29. The monoisotopic (exact) mass is 222 g/mol. The molecule has 0 saturated heterocycles. The largest absolute Gasteiger partial charge is 0.395 e. The van der Waals surface area contributed by atoms with E-state index in [1.54, 1.807) is 0 Å². The van der Waals surface area contributed by atoms with Gasteiger partial charge in [0, 0.05) is 31.5 Å². The maximum absolute atomic E-state index is 8.87. The minimum Gasteiger partial charge on any atom is -0.395 e. The van der Waals surface area contributed by atoms with E-state index in [9.17, 15) is 0 Å². The molecule has 1 N–H and O–H groups in total. The Hall–Kier alpha value is -0.930. The molecular formula is C13H22N2O. The van der Waals surface area contributed by atoms with E-state index in [1.807, 2.05) is 27.0 Å². The molecule has 0 aliphatic carbocycles. The summed E-state index contributed by atoms with van der Waals surface area (Å²) in [6.45, 7) is 9.04. The van der Waals surface area contributed by atoms with E-state index in [2.05, 4.69) is 16.0 Å². The van der Waals surface area contributed by atoms with Crippen LogP contribution in [0.5, 0.6) is 0 Å². The molecule has 0 aromatic carbocycles. The number of aromatic nitrogens is 1. The first-order chi connectivity index (χ1) is 7.79. The first-order valence-corrected chi connectivity index (χ1v) is 6.07. The van der Waals surface area contributed by atoms with Gasteiger partial charge in [0.25, 0.3) is 0 Å². The predicted octanol–water partition coefficient (Wildman–Crippen LogP) is 1.77. The number of hydrogen-bond donors (Lipinski definition) is 1. The fraction of sp³-hybridized carbons (Fsp3) is 0.615. The lowest BCUT2D eigenvalue weighted by molar-refractivity contribution is 0.184. The fourth-order valence-corrected chi connectivity index (χ4v) is 1.95. The summed E-state index contributed by atoms with van der Waals surface area (Å²) >= 11 is 0. The summed E-state index contributed by atoms with van der Waals surface area (Å²) in [5, 5.41) is 8.87. The van der Waals surface area contributed by atoms with Gasteiger partial charge in [-0.2, -0.15) is 0 Å². The third-order valence-corrected chi connectivity index (χ3v) is 2.73. The van der Waals surface area contributed by atoms with Crippen LogP contribution in [0.15, 0.2) is 12.3 Å². The molecular weight excluding hydrogens is 200 g/mol. The van der Waals surface area contributed by atoms with Crippen LogP contribution in [0.1, 0.15) is 30.7 Å². The van der Waals surface area contributed by atoms with Crippen molar-refractivity contribution in [1.82, 2.24) is 9.88 Å². The van der Waals surface area contributed by atoms with Crippen LogP contribution in [-0.4, -0.2) is 34.7 Å². The van der Waals surface area contributed by atoms with Crippen molar-refractivity contribution in [3.8, 4) is 0 Å². The molecule has 0 radical (unpaired) electrons. The van der Waals surface area contributed by atoms with Gasteiger partial charge in [0.1, 0.15) is 0 Å². The zero-order valence-corrected chi connectivity index (χ0v) is 10.5. The smallest absolute Gasteiger partial charge is 0.0558 e. The molecule has 3 nitrogen and oxygen atoms in total. The summed E-state index contributed by atoms with van der Waals surface area (Å²) in [5.74, 6) is 0. The molecule has 2 rings (SSSR count). The summed E-state index contributed by atoms with van der Waals surface area (Å²) in [4.78, 5) is 6.58. The van der Waals surface area contributed by atoms with Crippen LogP contribution in [0, 0.1) is 6.92 Å². The second kappa shape index (κ2) is 6.61. The average molecular weight is 222 g/mol. The van der Waals surface area contributed by atoms with Crippen LogP contribution < -0.4 is 0 Å². The minimum absolute atomic E-state index is 0.249. The highest BCUT2D eigenvalue weighted by molar-refractivity contribution is 5.28. The van der Waals surface area contributed by atoms with Crippen LogP contribution >= 0.6 is 0 Å². The van der Waals surface area contributed by atoms with Gasteiger partial charge in [-0.25, -0.2) is 0 Å². The lowest BCUT2D eigenvalue weighted by Gasteiger charge is -2.27. The topological polar surface area (TPSA) is 36.4 Å². The Bertz CT molecular complexity index is 326. The average Bonchev–Trinajstić information content (AvgIpc) is 2.31. The van der Waals surface area contributed by atoms with Crippen molar-refractivity contribution in [1.29, 1.82) is 0 Å². The number of β-amino-alcohol motifs (C(OH)–C–C–N with tert-alkyl or cyclic N) is 1. The molecule has 0 unspecified atom stereocenters. The molecule has 1 aliphatic rings. The van der Waals surface area contributed by atoms with Crippen molar-refractivity contribution in [3.63, 3.8) is 0 Å². The third-order valence-electron chi connectivity index (χ3n) is 2.73. The van der Waals surface area contributed by atoms with Gasteiger partial charge in [-0.3, -0.25) is 9.88 Å². The highest BCUT2D eigenvalue weighted by atomic mass is 16.3. The van der Waals surface area contributed by atoms with Gasteiger partial charge in [0.2, 0.25) is 0 Å². The molecule has 0 atom stereocenters. The summed E-state index contributed by atoms with van der Waals surface area (Å²) < 4.78 is 0. The zero-order valence-electron chi connectivity index (χ0n) is 10.5. The van der Waals surface area contributed by atoms with Gasteiger partial charge in [0.15, 0.2) is 0 Å². The Kier molecular flexibility index (Phi) is 5.43. The fourth-order valence-electron chi connectivity index (χ4n) is 1.95. The molecule has 0 spiro atoms. The molecule has 1 aromatic rings. The van der Waals surface area contributed by atoms with Crippen molar-refractivity contribution in [2.24, 2.45) is 0 Å². The molecule has 3 heteroatoms. The van der Waals surface area contributed by atoms with Gasteiger partial charge in [0.05, 0.1) is 6.61 Å². The van der Waals surface area contributed by atoms with Gasteiger partial charge in [-0.15, -0.1) is 0 Å². The van der Waals surface area contributed by atoms with E-state index >= 15 is 0 Å². The lowest BCUT2D eigenvalue weighted by Crippen LogP contribution is -2.32. The van der Waals surface area contributed by atoms with Crippen molar-refractivity contribution >= 4 is 0 Å². The Labute approximate surface area is 98.1 Å². The van der Waals surface area contributed by atoms with E-state index in [0.29, 0.717) is 0 Å². The molecule has 16 heavy (non-hydrogen) atoms. The predicted molar refractivity (Wildman–Crippen MR) is 66.4 cm³/mol. The number of fused-ring (bicyclic) bond motifs is 1. The Morgan fingerprint density at radius 1 is 1.38 bits per heavy atom. The quantitative estimate of drug-likeness (QED) is 0.828. The SMILES string of the molecule is CC.Cc1cc2c(cn1)CCN(CCO)C2. The van der Waals surface area contributed by atoms with Gasteiger partial charge in [-0.05, 0) is 30.5 Å². The zero-order chi connectivity index (χ0) is 12.0. The van der Waals surface area contributed by atoms with Crippen molar-refractivity contribution in [2.75, 3.05) is 19.7 Å². The van der Waals surface area contributed by atoms with Crippen LogP contribution in [-0.2, 0) is 13.0 Å². The Balaban J connectivity index is 0.000000606. The maximum Gasteiger partial charge on any atom is 0.0558 e. The second-order valence-electron chi connectivity index (χ2n) is 3.84. The van der Waals surface area contributed by atoms with Crippen LogP contribution in [0.4, 0.5) is 0 Å². The van der Waals surface area contributed by atoms with Crippen molar-refractivity contribution in [3.05, 3.63) is 29.1 Å². The van der Waals surface area contributed by atoms with E-state index < -0.39 is 0 Å². The number of nitrogens with zero attached hydrogens (tertiary/aromatic N) is 2. The standard InChI is InChI=1S/C11H16N2O.C2H6/c1-9-6-11-8-13(4-5-14)3-2-10(11)7-12-9;1-2/h6-7,14H,2-5,8H2,1H3;1-2H3. The van der Waals surface area contributed by atoms with E-state index in [4.69, 9.17) is 5.11 Å². The summed E-state index contributed by atoms with van der Waals surface area (Å²) in [5.41, 5.74) is 3.82. The molecule has 1 aromatic heterocycles. The van der Waals surface area contributed by atoms with Gasteiger partial charge < -0.3 is 5.11 Å². The first-order valence-electron chi connectivity index (χ1n) is 6.07. The Morgan fingerprint density at radius 2 is 2.12 bits per heavy atom. The minimum atomic E-state index is 0.249. The summed E-state index contributed by atoms with van der Waals surface area (Å²) in [6.07, 6.45) is 3.05. The summed E-state index contributed by atoms with van der Waals surface area (Å²) in [6, 6.07) is 2.15. The maximum atomic E-state index is 8.87. The molecule has 0 fully saturated rings. The lowest BCUT2D eigenvalue weighted by atomic mass is 10.0. The molecule has 0 bridgehead atoms. The van der Waals surface area contributed by atoms with E-state index in [1.165, 1.54) is 11.1 Å². The molecule has 1 aliphatic heterocycles. The Morgan fingerprint density at radius 3 is 2.81 bits per heavy atom.